The third-order valence-corrected chi connectivity index (χ3v) is 5.47. The van der Waals surface area contributed by atoms with Gasteiger partial charge in [0.2, 0.25) is 5.95 Å². The topological polar surface area (TPSA) is 55.6 Å². The Kier molecular flexibility index (Phi) is 4.92. The standard InChI is InChI=1S/C26H23N5/c1-18-8-10-21(11-9-18)22-12-13-24-23(16-22)28-17-31(24)25-14-15-27-26(30-25)29-19(2)20-6-4-3-5-7-20/h3-17,19H,1-2H3,(H,27,29,30)/t19-/m0/s1. The summed E-state index contributed by atoms with van der Waals surface area (Å²) in [5.41, 5.74) is 6.72. The molecule has 2 heterocycles. The molecule has 1 N–H and O–H groups in total. The van der Waals surface area contributed by atoms with E-state index < -0.39 is 0 Å². The van der Waals surface area contributed by atoms with Gasteiger partial charge >= 0.3 is 0 Å². The average Bonchev–Trinajstić information content (AvgIpc) is 3.24. The lowest BCUT2D eigenvalue weighted by Crippen LogP contribution is -2.10. The number of anilines is 1. The lowest BCUT2D eigenvalue weighted by Gasteiger charge is -2.14. The predicted octanol–water partition coefficient (Wildman–Crippen LogP) is 5.96. The summed E-state index contributed by atoms with van der Waals surface area (Å²) in [5, 5.41) is 3.39. The van der Waals surface area contributed by atoms with Gasteiger partial charge in [0, 0.05) is 6.20 Å². The number of benzene rings is 3. The van der Waals surface area contributed by atoms with Crippen molar-refractivity contribution in [3.63, 3.8) is 0 Å². The zero-order chi connectivity index (χ0) is 21.2. The minimum atomic E-state index is 0.105. The molecule has 0 saturated heterocycles. The van der Waals surface area contributed by atoms with Gasteiger partial charge in [-0.3, -0.25) is 4.57 Å². The number of hydrogen-bond donors (Lipinski definition) is 1. The number of imidazole rings is 1. The van der Waals surface area contributed by atoms with Gasteiger partial charge in [0.05, 0.1) is 17.1 Å². The first-order valence-electron chi connectivity index (χ1n) is 10.4. The van der Waals surface area contributed by atoms with Crippen molar-refractivity contribution in [2.24, 2.45) is 0 Å². The number of aryl methyl sites for hydroxylation is 1. The third kappa shape index (κ3) is 3.90. The fourth-order valence-electron chi connectivity index (χ4n) is 3.69. The SMILES string of the molecule is Cc1ccc(-c2ccc3c(c2)ncn3-c2ccnc(N[C@@H](C)c3ccccc3)n2)cc1. The Bertz CT molecular complexity index is 1320. The van der Waals surface area contributed by atoms with Gasteiger partial charge in [0.15, 0.2) is 0 Å². The second-order valence-corrected chi connectivity index (χ2v) is 7.70. The molecular formula is C26H23N5. The maximum absolute atomic E-state index is 4.72. The molecule has 5 aromatic rings. The summed E-state index contributed by atoms with van der Waals surface area (Å²) >= 11 is 0. The highest BCUT2D eigenvalue weighted by Crippen LogP contribution is 2.26. The van der Waals surface area contributed by atoms with E-state index in [9.17, 15) is 0 Å². The van der Waals surface area contributed by atoms with Crippen LogP contribution in [0.2, 0.25) is 0 Å². The molecule has 5 heteroatoms. The predicted molar refractivity (Wildman–Crippen MR) is 125 cm³/mol. The van der Waals surface area contributed by atoms with E-state index in [1.54, 1.807) is 6.20 Å². The van der Waals surface area contributed by atoms with Crippen molar-refractivity contribution in [3.05, 3.63) is 103 Å². The Morgan fingerprint density at radius 1 is 0.839 bits per heavy atom. The molecule has 5 rings (SSSR count). The van der Waals surface area contributed by atoms with Crippen LogP contribution in [0.5, 0.6) is 0 Å². The summed E-state index contributed by atoms with van der Waals surface area (Å²) in [7, 11) is 0. The molecule has 31 heavy (non-hydrogen) atoms. The van der Waals surface area contributed by atoms with Crippen molar-refractivity contribution in [2.45, 2.75) is 19.9 Å². The molecule has 2 aromatic heterocycles. The number of nitrogens with one attached hydrogen (secondary N) is 1. The van der Waals surface area contributed by atoms with Crippen molar-refractivity contribution < 1.29 is 0 Å². The lowest BCUT2D eigenvalue weighted by atomic mass is 10.0. The number of rotatable bonds is 5. The van der Waals surface area contributed by atoms with Crippen LogP contribution in [-0.4, -0.2) is 19.5 Å². The molecule has 0 fully saturated rings. The van der Waals surface area contributed by atoms with Gasteiger partial charge in [-0.2, -0.15) is 4.98 Å². The summed E-state index contributed by atoms with van der Waals surface area (Å²) in [4.78, 5) is 13.7. The summed E-state index contributed by atoms with van der Waals surface area (Å²) in [6.07, 6.45) is 3.59. The van der Waals surface area contributed by atoms with Crippen molar-refractivity contribution in [2.75, 3.05) is 5.32 Å². The third-order valence-electron chi connectivity index (χ3n) is 5.47. The molecule has 0 radical (unpaired) electrons. The van der Waals surface area contributed by atoms with Crippen LogP contribution in [0.3, 0.4) is 0 Å². The van der Waals surface area contributed by atoms with E-state index in [1.165, 1.54) is 16.7 Å². The summed E-state index contributed by atoms with van der Waals surface area (Å²) < 4.78 is 1.99. The largest absolute Gasteiger partial charge is 0.348 e. The molecule has 0 spiro atoms. The van der Waals surface area contributed by atoms with Gasteiger partial charge in [-0.15, -0.1) is 0 Å². The van der Waals surface area contributed by atoms with Crippen molar-refractivity contribution >= 4 is 17.0 Å². The first-order chi connectivity index (χ1) is 15.2. The van der Waals surface area contributed by atoms with Gasteiger partial charge in [0.25, 0.3) is 0 Å². The Labute approximate surface area is 181 Å². The number of nitrogens with zero attached hydrogens (tertiary/aromatic N) is 4. The molecule has 1 atom stereocenters. The van der Waals surface area contributed by atoms with E-state index >= 15 is 0 Å². The molecule has 5 nitrogen and oxygen atoms in total. The lowest BCUT2D eigenvalue weighted by molar-refractivity contribution is 0.854. The van der Waals surface area contributed by atoms with E-state index in [0.29, 0.717) is 5.95 Å². The van der Waals surface area contributed by atoms with Gasteiger partial charge in [-0.05, 0) is 48.7 Å². The van der Waals surface area contributed by atoms with E-state index in [2.05, 4.69) is 83.7 Å². The first kappa shape index (κ1) is 19.0. The van der Waals surface area contributed by atoms with Gasteiger partial charge < -0.3 is 5.32 Å². The van der Waals surface area contributed by atoms with E-state index in [4.69, 9.17) is 4.98 Å². The zero-order valence-electron chi connectivity index (χ0n) is 17.5. The van der Waals surface area contributed by atoms with Crippen LogP contribution in [0.4, 0.5) is 5.95 Å². The normalized spacial score (nSPS) is 12.1. The maximum atomic E-state index is 4.72. The molecule has 0 aliphatic rings. The fraction of sp³-hybridized carbons (Fsp3) is 0.115. The van der Waals surface area contributed by atoms with E-state index in [0.717, 1.165) is 22.4 Å². The van der Waals surface area contributed by atoms with Crippen LogP contribution < -0.4 is 5.32 Å². The minimum absolute atomic E-state index is 0.105. The highest BCUT2D eigenvalue weighted by Gasteiger charge is 2.11. The van der Waals surface area contributed by atoms with Crippen LogP contribution in [0.25, 0.3) is 28.0 Å². The van der Waals surface area contributed by atoms with Crippen LogP contribution >= 0.6 is 0 Å². The molecule has 0 saturated carbocycles. The number of aromatic nitrogens is 4. The minimum Gasteiger partial charge on any atom is -0.348 e. The van der Waals surface area contributed by atoms with Crippen LogP contribution in [0.15, 0.2) is 91.4 Å². The van der Waals surface area contributed by atoms with E-state index in [-0.39, 0.29) is 6.04 Å². The zero-order valence-corrected chi connectivity index (χ0v) is 17.5. The Morgan fingerprint density at radius 2 is 1.61 bits per heavy atom. The van der Waals surface area contributed by atoms with Crippen molar-refractivity contribution in [3.8, 4) is 16.9 Å². The van der Waals surface area contributed by atoms with Crippen molar-refractivity contribution in [1.29, 1.82) is 0 Å². The molecule has 0 aliphatic carbocycles. The van der Waals surface area contributed by atoms with Gasteiger partial charge in [-0.25, -0.2) is 9.97 Å². The van der Waals surface area contributed by atoms with Gasteiger partial charge in [-0.1, -0.05) is 66.2 Å². The maximum Gasteiger partial charge on any atom is 0.225 e. The van der Waals surface area contributed by atoms with Crippen LogP contribution in [0.1, 0.15) is 24.1 Å². The van der Waals surface area contributed by atoms with Crippen LogP contribution in [0, 0.1) is 6.92 Å². The average molecular weight is 406 g/mol. The second-order valence-electron chi connectivity index (χ2n) is 7.70. The summed E-state index contributed by atoms with van der Waals surface area (Å²) in [6.45, 7) is 4.20. The van der Waals surface area contributed by atoms with Crippen LogP contribution in [-0.2, 0) is 0 Å². The molecule has 0 amide bonds. The molecular weight excluding hydrogens is 382 g/mol. The monoisotopic (exact) mass is 405 g/mol. The number of hydrogen-bond acceptors (Lipinski definition) is 4. The summed E-state index contributed by atoms with van der Waals surface area (Å²) in [5.74, 6) is 1.37. The molecule has 152 valence electrons. The summed E-state index contributed by atoms with van der Waals surface area (Å²) in [6, 6.07) is 27.2. The molecule has 3 aromatic carbocycles. The van der Waals surface area contributed by atoms with E-state index in [1.807, 2.05) is 35.2 Å². The smallest absolute Gasteiger partial charge is 0.225 e. The number of fused-ring (bicyclic) bond motifs is 1. The second kappa shape index (κ2) is 8.03. The highest BCUT2D eigenvalue weighted by molar-refractivity contribution is 5.83. The molecule has 0 aliphatic heterocycles. The Hall–Kier alpha value is -3.99. The highest BCUT2D eigenvalue weighted by atomic mass is 15.2. The molecule has 0 unspecified atom stereocenters. The van der Waals surface area contributed by atoms with Gasteiger partial charge in [0.1, 0.15) is 12.1 Å². The van der Waals surface area contributed by atoms with Crippen molar-refractivity contribution in [1.82, 2.24) is 19.5 Å². The molecule has 0 bridgehead atoms. The Morgan fingerprint density at radius 3 is 2.42 bits per heavy atom. The first-order valence-corrected chi connectivity index (χ1v) is 10.4. The fourth-order valence-corrected chi connectivity index (χ4v) is 3.69. The quantitative estimate of drug-likeness (QED) is 0.392. The Balaban J connectivity index is 1.44.